The van der Waals surface area contributed by atoms with Crippen LogP contribution >= 0.6 is 0 Å². The van der Waals surface area contributed by atoms with Crippen molar-refractivity contribution in [2.75, 3.05) is 0 Å². The molecule has 0 saturated carbocycles. The maximum Gasteiger partial charge on any atom is 0.303 e. The van der Waals surface area contributed by atoms with E-state index in [0.717, 1.165) is 25.7 Å². The summed E-state index contributed by atoms with van der Waals surface area (Å²) in [5, 5.41) is 17.2. The molecule has 0 rings (SSSR count). The summed E-state index contributed by atoms with van der Waals surface area (Å²) in [6, 6.07) is 0. The molecule has 0 unspecified atom stereocenters. The fourth-order valence-electron chi connectivity index (χ4n) is 5.33. The zero-order valence-electron chi connectivity index (χ0n) is 24.6. The van der Waals surface area contributed by atoms with Gasteiger partial charge in [-0.2, -0.15) is 0 Å². The summed E-state index contributed by atoms with van der Waals surface area (Å²) in [6.45, 7) is 0. The fourth-order valence-corrected chi connectivity index (χ4v) is 5.33. The smallest absolute Gasteiger partial charge is 0.303 e. The highest BCUT2D eigenvalue weighted by Crippen LogP contribution is 2.16. The lowest BCUT2D eigenvalue weighted by molar-refractivity contribution is -0.138. The van der Waals surface area contributed by atoms with E-state index in [2.05, 4.69) is 0 Å². The number of hydrogen-bond acceptors (Lipinski definition) is 2. The predicted octanol–water partition coefficient (Wildman–Crippen LogP) is 11.2. The van der Waals surface area contributed by atoms with Crippen molar-refractivity contribution in [3.63, 3.8) is 0 Å². The van der Waals surface area contributed by atoms with Gasteiger partial charge in [0.05, 0.1) is 0 Å². The minimum absolute atomic E-state index is 0.338. The number of hydrogen-bond donors (Lipinski definition) is 2. The van der Waals surface area contributed by atoms with E-state index in [4.69, 9.17) is 10.2 Å². The first-order valence-electron chi connectivity index (χ1n) is 16.6. The van der Waals surface area contributed by atoms with Gasteiger partial charge in [-0.1, -0.05) is 173 Å². The van der Waals surface area contributed by atoms with Crippen LogP contribution in [0.4, 0.5) is 0 Å². The lowest BCUT2D eigenvalue weighted by Crippen LogP contribution is -1.93. The molecule has 0 radical (unpaired) electrons. The first-order chi connectivity index (χ1) is 18.1. The monoisotopic (exact) mass is 524 g/mol. The number of aliphatic carboxylic acids is 2. The quantitative estimate of drug-likeness (QED) is 0.0858. The highest BCUT2D eigenvalue weighted by molar-refractivity contribution is 5.66. The molecule has 4 nitrogen and oxygen atoms in total. The van der Waals surface area contributed by atoms with Crippen molar-refractivity contribution >= 4 is 11.9 Å². The number of carboxylic acid groups (broad SMARTS) is 2. The molecule has 0 fully saturated rings. The van der Waals surface area contributed by atoms with E-state index < -0.39 is 11.9 Å². The summed E-state index contributed by atoms with van der Waals surface area (Å²) in [7, 11) is 0. The van der Waals surface area contributed by atoms with Crippen LogP contribution in [0.3, 0.4) is 0 Å². The Bertz CT molecular complexity index is 435. The summed E-state index contributed by atoms with van der Waals surface area (Å²) in [4.78, 5) is 20.9. The molecule has 0 aromatic heterocycles. The van der Waals surface area contributed by atoms with Crippen molar-refractivity contribution in [1.82, 2.24) is 0 Å². The molecular weight excluding hydrogens is 460 g/mol. The molecule has 37 heavy (non-hydrogen) atoms. The molecule has 0 atom stereocenters. The van der Waals surface area contributed by atoms with Crippen LogP contribution in [0.15, 0.2) is 0 Å². The van der Waals surface area contributed by atoms with Gasteiger partial charge in [-0.3, -0.25) is 9.59 Å². The third-order valence-corrected chi connectivity index (χ3v) is 7.78. The van der Waals surface area contributed by atoms with E-state index >= 15 is 0 Å². The van der Waals surface area contributed by atoms with Crippen molar-refractivity contribution in [2.45, 2.75) is 199 Å². The van der Waals surface area contributed by atoms with Gasteiger partial charge in [-0.25, -0.2) is 0 Å². The van der Waals surface area contributed by atoms with Crippen molar-refractivity contribution in [2.24, 2.45) is 0 Å². The molecule has 0 aliphatic rings. The van der Waals surface area contributed by atoms with E-state index in [0.29, 0.717) is 12.8 Å². The molecule has 220 valence electrons. The van der Waals surface area contributed by atoms with Crippen LogP contribution in [0.1, 0.15) is 199 Å². The minimum atomic E-state index is -0.656. The highest BCUT2D eigenvalue weighted by atomic mass is 16.4. The van der Waals surface area contributed by atoms with Crippen LogP contribution in [-0.2, 0) is 9.59 Å². The van der Waals surface area contributed by atoms with E-state index in [1.165, 1.54) is 161 Å². The van der Waals surface area contributed by atoms with Crippen molar-refractivity contribution < 1.29 is 19.8 Å². The molecule has 0 aliphatic heterocycles. The molecule has 0 amide bonds. The molecular formula is C33H64O4. The van der Waals surface area contributed by atoms with Crippen LogP contribution in [0.2, 0.25) is 0 Å². The van der Waals surface area contributed by atoms with Crippen LogP contribution in [0.25, 0.3) is 0 Å². The number of carboxylic acids is 2. The Kier molecular flexibility index (Phi) is 30.3. The zero-order valence-corrected chi connectivity index (χ0v) is 24.6. The Morgan fingerprint density at radius 2 is 0.351 bits per heavy atom. The molecule has 0 aromatic rings. The molecule has 0 saturated heterocycles. The topological polar surface area (TPSA) is 74.6 Å². The van der Waals surface area contributed by atoms with Crippen LogP contribution in [0.5, 0.6) is 0 Å². The van der Waals surface area contributed by atoms with Crippen LogP contribution in [-0.4, -0.2) is 22.2 Å². The first kappa shape index (κ1) is 35.9. The SMILES string of the molecule is O=C(O)CCCCCCCCCCCCCCCCCCCCCCCCCCCCCCCC(=O)O. The molecule has 0 bridgehead atoms. The highest BCUT2D eigenvalue weighted by Gasteiger charge is 1.99. The fraction of sp³-hybridized carbons (Fsp3) is 0.939. The zero-order chi connectivity index (χ0) is 27.1. The second kappa shape index (κ2) is 31.2. The average molecular weight is 525 g/mol. The standard InChI is InChI=1S/C33H64O4/c34-32(35)30-28-26-24-22-20-18-16-14-12-10-8-6-4-2-1-3-5-7-9-11-13-15-17-19-21-23-25-27-29-31-33(36)37/h1-31H2,(H,34,35)(H,36,37). The molecule has 0 heterocycles. The summed E-state index contributed by atoms with van der Waals surface area (Å²) in [5.41, 5.74) is 0. The number of rotatable bonds is 32. The van der Waals surface area contributed by atoms with Gasteiger partial charge in [-0.15, -0.1) is 0 Å². The summed E-state index contributed by atoms with van der Waals surface area (Å²) < 4.78 is 0. The Morgan fingerprint density at radius 1 is 0.243 bits per heavy atom. The molecule has 4 heteroatoms. The van der Waals surface area contributed by atoms with Crippen molar-refractivity contribution in [3.05, 3.63) is 0 Å². The van der Waals surface area contributed by atoms with Crippen molar-refractivity contribution in [3.8, 4) is 0 Å². The summed E-state index contributed by atoms with van der Waals surface area (Å²) >= 11 is 0. The Morgan fingerprint density at radius 3 is 0.459 bits per heavy atom. The summed E-state index contributed by atoms with van der Waals surface area (Å²) in [6.07, 6.45) is 39.0. The average Bonchev–Trinajstić information content (AvgIpc) is 2.87. The van der Waals surface area contributed by atoms with E-state index in [9.17, 15) is 9.59 Å². The van der Waals surface area contributed by atoms with Gasteiger partial charge >= 0.3 is 11.9 Å². The Labute approximate surface area is 230 Å². The van der Waals surface area contributed by atoms with Gasteiger partial charge in [0.15, 0.2) is 0 Å². The molecule has 0 aliphatic carbocycles. The van der Waals surface area contributed by atoms with Crippen molar-refractivity contribution in [1.29, 1.82) is 0 Å². The minimum Gasteiger partial charge on any atom is -0.481 e. The first-order valence-corrected chi connectivity index (χ1v) is 16.6. The lowest BCUT2D eigenvalue weighted by atomic mass is 10.0. The molecule has 2 N–H and O–H groups in total. The van der Waals surface area contributed by atoms with Crippen LogP contribution < -0.4 is 0 Å². The normalized spacial score (nSPS) is 11.2. The maximum absolute atomic E-state index is 10.5. The second-order valence-electron chi connectivity index (χ2n) is 11.5. The molecule has 0 aromatic carbocycles. The van der Waals surface area contributed by atoms with E-state index in [1.807, 2.05) is 0 Å². The van der Waals surface area contributed by atoms with Gasteiger partial charge in [0.2, 0.25) is 0 Å². The number of unbranched alkanes of at least 4 members (excludes halogenated alkanes) is 28. The summed E-state index contributed by atoms with van der Waals surface area (Å²) in [5.74, 6) is -1.31. The third kappa shape index (κ3) is 34.9. The largest absolute Gasteiger partial charge is 0.481 e. The van der Waals surface area contributed by atoms with Gasteiger partial charge in [0, 0.05) is 12.8 Å². The van der Waals surface area contributed by atoms with Gasteiger partial charge in [0.25, 0.3) is 0 Å². The second-order valence-corrected chi connectivity index (χ2v) is 11.5. The van der Waals surface area contributed by atoms with Gasteiger partial charge in [-0.05, 0) is 12.8 Å². The van der Waals surface area contributed by atoms with Gasteiger partial charge in [0.1, 0.15) is 0 Å². The number of carbonyl (C=O) groups is 2. The Balaban J connectivity index is 3.03. The van der Waals surface area contributed by atoms with E-state index in [-0.39, 0.29) is 0 Å². The van der Waals surface area contributed by atoms with E-state index in [1.54, 1.807) is 0 Å². The molecule has 0 spiro atoms. The van der Waals surface area contributed by atoms with Gasteiger partial charge < -0.3 is 10.2 Å². The lowest BCUT2D eigenvalue weighted by Gasteiger charge is -2.04. The Hall–Kier alpha value is -1.06. The maximum atomic E-state index is 10.5. The third-order valence-electron chi connectivity index (χ3n) is 7.78. The van der Waals surface area contributed by atoms with Crippen LogP contribution in [0, 0.1) is 0 Å². The predicted molar refractivity (Wildman–Crippen MR) is 158 cm³/mol.